The Labute approximate surface area is 139 Å². The third-order valence-electron chi connectivity index (χ3n) is 6.34. The maximum atomic E-state index is 6.30. The summed E-state index contributed by atoms with van der Waals surface area (Å²) in [4.78, 5) is 0. The largest absolute Gasteiger partial charge is 0.494 e. The van der Waals surface area contributed by atoms with Gasteiger partial charge in [0.25, 0.3) is 0 Å². The van der Waals surface area contributed by atoms with Crippen molar-refractivity contribution in [3.63, 3.8) is 0 Å². The van der Waals surface area contributed by atoms with Crippen molar-refractivity contribution in [1.82, 2.24) is 0 Å². The fraction of sp³-hybridized carbons (Fsp3) is 0.684. The molecule has 124 valence electrons. The van der Waals surface area contributed by atoms with E-state index in [-0.39, 0.29) is 18.3 Å². The van der Waals surface area contributed by atoms with Crippen LogP contribution in [-0.2, 0) is 9.31 Å². The van der Waals surface area contributed by atoms with E-state index >= 15 is 0 Å². The summed E-state index contributed by atoms with van der Waals surface area (Å²) in [5.41, 5.74) is 0.433. The first-order chi connectivity index (χ1) is 10.8. The number of benzene rings is 1. The maximum absolute atomic E-state index is 6.30. The van der Waals surface area contributed by atoms with E-state index in [2.05, 4.69) is 45.9 Å². The first-order valence-electron chi connectivity index (χ1n) is 8.96. The van der Waals surface area contributed by atoms with Crippen LogP contribution in [0.2, 0.25) is 0 Å². The maximum Gasteiger partial charge on any atom is 0.494 e. The van der Waals surface area contributed by atoms with Crippen LogP contribution in [0.25, 0.3) is 0 Å². The molecule has 3 fully saturated rings. The average molecular weight is 314 g/mol. The van der Waals surface area contributed by atoms with Crippen LogP contribution in [0.5, 0.6) is 5.75 Å². The Morgan fingerprint density at radius 2 is 1.78 bits per heavy atom. The van der Waals surface area contributed by atoms with Gasteiger partial charge in [-0.2, -0.15) is 0 Å². The van der Waals surface area contributed by atoms with Crippen LogP contribution in [-0.4, -0.2) is 24.4 Å². The monoisotopic (exact) mass is 314 g/mol. The zero-order chi connectivity index (χ0) is 16.2. The standard InChI is InChI=1S/C19H27BO3/c1-18(2)19(3,4)23-20(22-18)15-6-5-7-16(12-15)21-17-11-13-8-9-14(17)10-13/h5-7,12-14,17H,8-11H2,1-4H3. The molecule has 0 aromatic heterocycles. The second-order valence-corrected chi connectivity index (χ2v) is 8.49. The summed E-state index contributed by atoms with van der Waals surface area (Å²) in [5, 5.41) is 0. The highest BCUT2D eigenvalue weighted by molar-refractivity contribution is 6.62. The lowest BCUT2D eigenvalue weighted by Gasteiger charge is -2.32. The average Bonchev–Trinajstić information content (AvgIpc) is 3.13. The molecule has 4 rings (SSSR count). The molecule has 0 spiro atoms. The zero-order valence-corrected chi connectivity index (χ0v) is 14.7. The lowest BCUT2D eigenvalue weighted by molar-refractivity contribution is 0.00578. The van der Waals surface area contributed by atoms with Crippen molar-refractivity contribution in [2.45, 2.75) is 70.7 Å². The van der Waals surface area contributed by atoms with E-state index in [9.17, 15) is 0 Å². The first kappa shape index (κ1) is 15.5. The Morgan fingerprint density at radius 1 is 1.04 bits per heavy atom. The summed E-state index contributed by atoms with van der Waals surface area (Å²) < 4.78 is 18.6. The molecule has 3 aliphatic rings. The van der Waals surface area contributed by atoms with Crippen molar-refractivity contribution in [3.8, 4) is 5.75 Å². The second-order valence-electron chi connectivity index (χ2n) is 8.49. The lowest BCUT2D eigenvalue weighted by Crippen LogP contribution is -2.41. The summed E-state index contributed by atoms with van der Waals surface area (Å²) in [6, 6.07) is 8.26. The van der Waals surface area contributed by atoms with E-state index < -0.39 is 0 Å². The molecule has 0 N–H and O–H groups in total. The Bertz CT molecular complexity index is 582. The molecule has 1 heterocycles. The molecular formula is C19H27BO3. The molecule has 1 aromatic rings. The van der Waals surface area contributed by atoms with E-state index in [1.807, 2.05) is 6.07 Å². The van der Waals surface area contributed by atoms with Crippen LogP contribution in [0.3, 0.4) is 0 Å². The molecule has 0 amide bonds. The molecule has 2 bridgehead atoms. The minimum absolute atomic E-state index is 0.306. The van der Waals surface area contributed by atoms with E-state index in [0.717, 1.165) is 23.0 Å². The van der Waals surface area contributed by atoms with Gasteiger partial charge in [0.05, 0.1) is 11.2 Å². The van der Waals surface area contributed by atoms with Crippen LogP contribution in [0, 0.1) is 11.8 Å². The molecule has 1 aliphatic heterocycles. The SMILES string of the molecule is CC1(C)OB(c2cccc(OC3CC4CCC3C4)c2)OC1(C)C. The van der Waals surface area contributed by atoms with Gasteiger partial charge in [0.15, 0.2) is 0 Å². The first-order valence-corrected chi connectivity index (χ1v) is 8.96. The molecule has 3 nitrogen and oxygen atoms in total. The lowest BCUT2D eigenvalue weighted by atomic mass is 9.79. The molecule has 2 aliphatic carbocycles. The smallest absolute Gasteiger partial charge is 0.490 e. The molecule has 0 radical (unpaired) electrons. The molecule has 3 unspecified atom stereocenters. The molecule has 1 saturated heterocycles. The van der Waals surface area contributed by atoms with Crippen LogP contribution in [0.15, 0.2) is 24.3 Å². The van der Waals surface area contributed by atoms with Crippen molar-refractivity contribution in [3.05, 3.63) is 24.3 Å². The zero-order valence-electron chi connectivity index (χ0n) is 14.7. The van der Waals surface area contributed by atoms with Gasteiger partial charge >= 0.3 is 7.12 Å². The summed E-state index contributed by atoms with van der Waals surface area (Å²) in [6.45, 7) is 8.34. The second kappa shape index (κ2) is 5.25. The molecule has 4 heteroatoms. The van der Waals surface area contributed by atoms with Crippen LogP contribution >= 0.6 is 0 Å². The van der Waals surface area contributed by atoms with Crippen molar-refractivity contribution >= 4 is 12.6 Å². The van der Waals surface area contributed by atoms with Crippen LogP contribution in [0.1, 0.15) is 53.4 Å². The molecule has 3 atom stereocenters. The van der Waals surface area contributed by atoms with Gasteiger partial charge in [0.1, 0.15) is 11.9 Å². The van der Waals surface area contributed by atoms with Gasteiger partial charge < -0.3 is 14.0 Å². The van der Waals surface area contributed by atoms with Gasteiger partial charge in [-0.15, -0.1) is 0 Å². The number of hydrogen-bond acceptors (Lipinski definition) is 3. The fourth-order valence-electron chi connectivity index (χ4n) is 4.22. The van der Waals surface area contributed by atoms with Crippen molar-refractivity contribution in [1.29, 1.82) is 0 Å². The quantitative estimate of drug-likeness (QED) is 0.799. The normalized spacial score (nSPS) is 34.1. The number of rotatable bonds is 3. The number of ether oxygens (including phenoxy) is 1. The van der Waals surface area contributed by atoms with Crippen molar-refractivity contribution in [2.24, 2.45) is 11.8 Å². The topological polar surface area (TPSA) is 27.7 Å². The highest BCUT2D eigenvalue weighted by Gasteiger charge is 2.51. The molecule has 2 saturated carbocycles. The van der Waals surface area contributed by atoms with Gasteiger partial charge in [-0.1, -0.05) is 12.1 Å². The molecular weight excluding hydrogens is 287 g/mol. The van der Waals surface area contributed by atoms with Crippen molar-refractivity contribution < 1.29 is 14.0 Å². The summed E-state index contributed by atoms with van der Waals surface area (Å²) >= 11 is 0. The van der Waals surface area contributed by atoms with E-state index in [0.29, 0.717) is 6.10 Å². The Balaban J connectivity index is 1.49. The highest BCUT2D eigenvalue weighted by atomic mass is 16.7. The predicted octanol–water partition coefficient (Wildman–Crippen LogP) is 3.55. The van der Waals surface area contributed by atoms with Gasteiger partial charge in [-0.3, -0.25) is 0 Å². The summed E-state index contributed by atoms with van der Waals surface area (Å²) in [5.74, 6) is 2.62. The van der Waals surface area contributed by atoms with Gasteiger partial charge in [-0.05, 0) is 82.8 Å². The fourth-order valence-corrected chi connectivity index (χ4v) is 4.22. The van der Waals surface area contributed by atoms with E-state index in [1.54, 1.807) is 0 Å². The Hall–Kier alpha value is -0.995. The van der Waals surface area contributed by atoms with Gasteiger partial charge in [-0.25, -0.2) is 0 Å². The van der Waals surface area contributed by atoms with E-state index in [1.165, 1.54) is 25.7 Å². The summed E-state index contributed by atoms with van der Waals surface area (Å²) in [6.07, 6.45) is 5.74. The summed E-state index contributed by atoms with van der Waals surface area (Å²) in [7, 11) is -0.316. The minimum Gasteiger partial charge on any atom is -0.490 e. The van der Waals surface area contributed by atoms with Crippen molar-refractivity contribution in [2.75, 3.05) is 0 Å². The molecule has 23 heavy (non-hydrogen) atoms. The Morgan fingerprint density at radius 3 is 2.39 bits per heavy atom. The van der Waals surface area contributed by atoms with E-state index in [4.69, 9.17) is 14.0 Å². The number of hydrogen-bond donors (Lipinski definition) is 0. The minimum atomic E-state index is -0.316. The van der Waals surface area contributed by atoms with Gasteiger partial charge in [0.2, 0.25) is 0 Å². The van der Waals surface area contributed by atoms with Crippen LogP contribution < -0.4 is 10.2 Å². The third-order valence-corrected chi connectivity index (χ3v) is 6.34. The van der Waals surface area contributed by atoms with Crippen LogP contribution in [0.4, 0.5) is 0 Å². The number of fused-ring (bicyclic) bond motifs is 2. The highest BCUT2D eigenvalue weighted by Crippen LogP contribution is 2.46. The van der Waals surface area contributed by atoms with Gasteiger partial charge in [0, 0.05) is 0 Å². The Kier molecular flexibility index (Phi) is 3.55. The third kappa shape index (κ3) is 2.70. The predicted molar refractivity (Wildman–Crippen MR) is 92.0 cm³/mol. The molecule has 1 aromatic carbocycles.